The van der Waals surface area contributed by atoms with Crippen molar-refractivity contribution in [2.24, 2.45) is 5.84 Å². The Morgan fingerprint density at radius 1 is 1.48 bits per heavy atom. The second kappa shape index (κ2) is 6.05. The lowest BCUT2D eigenvalue weighted by Crippen LogP contribution is -2.38. The summed E-state index contributed by atoms with van der Waals surface area (Å²) in [7, 11) is 0. The molecule has 116 valence electrons. The molecule has 2 rings (SSSR count). The van der Waals surface area contributed by atoms with Gasteiger partial charge in [0.15, 0.2) is 6.23 Å². The minimum atomic E-state index is -1.44. The number of hydrazine groups is 1. The molecule has 6 N–H and O–H groups in total. The Bertz CT molecular complexity index is 626. The molecule has 0 unspecified atom stereocenters. The number of aromatic amines is 1. The zero-order valence-corrected chi connectivity index (χ0v) is 10.6. The first kappa shape index (κ1) is 15.2. The van der Waals surface area contributed by atoms with Crippen LogP contribution in [-0.2, 0) is 9.47 Å². The second-order valence-electron chi connectivity index (χ2n) is 4.31. The molecule has 2 heterocycles. The quantitative estimate of drug-likeness (QED) is 0.220. The highest BCUT2D eigenvalue weighted by Crippen LogP contribution is 2.28. The summed E-state index contributed by atoms with van der Waals surface area (Å²) in [5.74, 6) is 4.81. The van der Waals surface area contributed by atoms with Crippen LogP contribution in [0.2, 0.25) is 0 Å². The van der Waals surface area contributed by atoms with E-state index in [1.165, 1.54) is 0 Å². The third-order valence-electron chi connectivity index (χ3n) is 2.96. The number of hydrogen-bond donors (Lipinski definition) is 5. The molecule has 1 amide bonds. The number of aromatic nitrogens is 2. The highest BCUT2D eigenvalue weighted by Gasteiger charge is 2.44. The molecule has 0 spiro atoms. The Labute approximate surface area is 116 Å². The van der Waals surface area contributed by atoms with Gasteiger partial charge in [-0.05, 0) is 0 Å². The number of aliphatic hydroxyl groups excluding tert-OH is 2. The van der Waals surface area contributed by atoms with Crippen LogP contribution in [0, 0.1) is 0 Å². The number of carbonyl (C=O) groups excluding carboxylic acids is 1. The number of amides is 1. The number of carbonyl (C=O) groups is 1. The lowest BCUT2D eigenvalue weighted by atomic mass is 10.1. The van der Waals surface area contributed by atoms with E-state index in [1.807, 2.05) is 4.98 Å². The molecule has 1 aliphatic rings. The SMILES string of the molecule is NNC(=O)OC[C@H]1O[C@@H](n2ccc(=O)[nH]c2=O)[C@H](O)[C@@H]1O. The maximum absolute atomic E-state index is 11.6. The monoisotopic (exact) mass is 302 g/mol. The Morgan fingerprint density at radius 2 is 2.19 bits per heavy atom. The van der Waals surface area contributed by atoms with Crippen molar-refractivity contribution in [3.8, 4) is 0 Å². The van der Waals surface area contributed by atoms with E-state index in [-0.39, 0.29) is 6.61 Å². The lowest BCUT2D eigenvalue weighted by molar-refractivity contribution is -0.0570. The predicted molar refractivity (Wildman–Crippen MR) is 65.9 cm³/mol. The van der Waals surface area contributed by atoms with E-state index in [2.05, 4.69) is 4.74 Å². The van der Waals surface area contributed by atoms with Crippen LogP contribution >= 0.6 is 0 Å². The van der Waals surface area contributed by atoms with Gasteiger partial charge in [0.05, 0.1) is 0 Å². The summed E-state index contributed by atoms with van der Waals surface area (Å²) >= 11 is 0. The van der Waals surface area contributed by atoms with Crippen molar-refractivity contribution >= 4 is 6.09 Å². The molecular formula is C10H14N4O7. The Hall–Kier alpha value is -2.21. The van der Waals surface area contributed by atoms with Crippen LogP contribution in [0.1, 0.15) is 6.23 Å². The second-order valence-corrected chi connectivity index (χ2v) is 4.31. The van der Waals surface area contributed by atoms with Crippen LogP contribution in [0.4, 0.5) is 4.79 Å². The van der Waals surface area contributed by atoms with Crippen LogP contribution in [0.3, 0.4) is 0 Å². The van der Waals surface area contributed by atoms with E-state index in [4.69, 9.17) is 10.6 Å². The molecule has 0 bridgehead atoms. The Balaban J connectivity index is 2.14. The van der Waals surface area contributed by atoms with Gasteiger partial charge in [-0.3, -0.25) is 19.8 Å². The largest absolute Gasteiger partial charge is 0.446 e. The number of hydrogen-bond acceptors (Lipinski definition) is 8. The molecule has 4 atom stereocenters. The van der Waals surface area contributed by atoms with Gasteiger partial charge >= 0.3 is 11.8 Å². The highest BCUT2D eigenvalue weighted by atomic mass is 16.6. The average molecular weight is 302 g/mol. The summed E-state index contributed by atoms with van der Waals surface area (Å²) in [5.41, 5.74) is 0.304. The molecule has 1 saturated heterocycles. The molecule has 11 nitrogen and oxygen atoms in total. The zero-order chi connectivity index (χ0) is 15.6. The first-order valence-corrected chi connectivity index (χ1v) is 5.90. The molecule has 1 aromatic heterocycles. The Morgan fingerprint density at radius 3 is 2.81 bits per heavy atom. The molecule has 1 aliphatic heterocycles. The van der Waals surface area contributed by atoms with Crippen LogP contribution in [0.15, 0.2) is 21.9 Å². The molecule has 21 heavy (non-hydrogen) atoms. The predicted octanol–water partition coefficient (Wildman–Crippen LogP) is -3.24. The van der Waals surface area contributed by atoms with Crippen molar-refractivity contribution in [2.45, 2.75) is 24.5 Å². The number of nitrogens with one attached hydrogen (secondary N) is 2. The topological polar surface area (TPSA) is 169 Å². The Kier molecular flexibility index (Phi) is 4.37. The maximum atomic E-state index is 11.6. The van der Waals surface area contributed by atoms with E-state index in [0.717, 1.165) is 16.8 Å². The molecule has 0 aromatic carbocycles. The smallest absolute Gasteiger partial charge is 0.421 e. The van der Waals surface area contributed by atoms with Gasteiger partial charge in [0.1, 0.15) is 24.9 Å². The van der Waals surface area contributed by atoms with E-state index in [0.29, 0.717) is 0 Å². The van der Waals surface area contributed by atoms with E-state index in [9.17, 15) is 24.6 Å². The summed E-state index contributed by atoms with van der Waals surface area (Å²) in [5, 5.41) is 19.7. The van der Waals surface area contributed by atoms with Crippen LogP contribution in [0.25, 0.3) is 0 Å². The van der Waals surface area contributed by atoms with Gasteiger partial charge in [-0.2, -0.15) is 0 Å². The van der Waals surface area contributed by atoms with Crippen molar-refractivity contribution in [3.05, 3.63) is 33.1 Å². The van der Waals surface area contributed by atoms with E-state index in [1.54, 1.807) is 5.43 Å². The fraction of sp³-hybridized carbons (Fsp3) is 0.500. The third kappa shape index (κ3) is 3.11. The van der Waals surface area contributed by atoms with E-state index >= 15 is 0 Å². The van der Waals surface area contributed by atoms with Gasteiger partial charge in [-0.15, -0.1) is 0 Å². The molecule has 0 aliphatic carbocycles. The van der Waals surface area contributed by atoms with Gasteiger partial charge in [0, 0.05) is 12.3 Å². The number of aliphatic hydroxyl groups is 2. The number of ether oxygens (including phenoxy) is 2. The zero-order valence-electron chi connectivity index (χ0n) is 10.6. The van der Waals surface area contributed by atoms with E-state index < -0.39 is 41.9 Å². The number of nitrogens with two attached hydrogens (primary N) is 1. The summed E-state index contributed by atoms with van der Waals surface area (Å²) in [4.78, 5) is 35.4. The summed E-state index contributed by atoms with van der Waals surface area (Å²) < 4.78 is 10.8. The first-order chi connectivity index (χ1) is 9.93. The van der Waals surface area contributed by atoms with Gasteiger partial charge in [-0.1, -0.05) is 0 Å². The van der Waals surface area contributed by atoms with Crippen molar-refractivity contribution in [1.82, 2.24) is 15.0 Å². The summed E-state index contributed by atoms with van der Waals surface area (Å²) in [6.07, 6.45) is -4.93. The number of rotatable bonds is 3. The molecule has 11 heteroatoms. The van der Waals surface area contributed by atoms with Crippen LogP contribution in [0.5, 0.6) is 0 Å². The fourth-order valence-electron chi connectivity index (χ4n) is 1.92. The number of H-pyrrole nitrogens is 1. The first-order valence-electron chi connectivity index (χ1n) is 5.90. The summed E-state index contributed by atoms with van der Waals surface area (Å²) in [6, 6.07) is 1.07. The highest BCUT2D eigenvalue weighted by molar-refractivity contribution is 5.66. The van der Waals surface area contributed by atoms with Gasteiger partial charge in [0.2, 0.25) is 0 Å². The normalized spacial score (nSPS) is 28.3. The third-order valence-corrected chi connectivity index (χ3v) is 2.96. The minimum Gasteiger partial charge on any atom is -0.446 e. The molecule has 1 aromatic rings. The lowest BCUT2D eigenvalue weighted by Gasteiger charge is -2.16. The molecule has 1 fully saturated rings. The van der Waals surface area contributed by atoms with Crippen LogP contribution in [-0.4, -0.2) is 50.8 Å². The number of nitrogens with zero attached hydrogens (tertiary/aromatic N) is 1. The fourth-order valence-corrected chi connectivity index (χ4v) is 1.92. The molecule has 0 saturated carbocycles. The van der Waals surface area contributed by atoms with Gasteiger partial charge in [-0.25, -0.2) is 15.4 Å². The average Bonchev–Trinajstić information content (AvgIpc) is 2.73. The van der Waals surface area contributed by atoms with Crippen LogP contribution < -0.4 is 22.5 Å². The van der Waals surface area contributed by atoms with Crippen molar-refractivity contribution in [2.75, 3.05) is 6.61 Å². The standard InChI is InChI=1S/C10H14N4O7/c11-13-10(19)20-3-4-6(16)7(17)8(21-4)14-2-1-5(15)12-9(14)18/h1-2,4,6-8,16-17H,3,11H2,(H,13,19)(H,12,15,18)/t4-,6-,7-,8-/m1/s1. The van der Waals surface area contributed by atoms with Crippen molar-refractivity contribution in [1.29, 1.82) is 0 Å². The molecule has 0 radical (unpaired) electrons. The minimum absolute atomic E-state index is 0.379. The maximum Gasteiger partial charge on any atom is 0.421 e. The molecular weight excluding hydrogens is 288 g/mol. The summed E-state index contributed by atoms with van der Waals surface area (Å²) in [6.45, 7) is -0.379. The van der Waals surface area contributed by atoms with Gasteiger partial charge in [0.25, 0.3) is 5.56 Å². The van der Waals surface area contributed by atoms with Crippen molar-refractivity contribution in [3.63, 3.8) is 0 Å². The van der Waals surface area contributed by atoms with Gasteiger partial charge < -0.3 is 19.7 Å². The van der Waals surface area contributed by atoms with Crippen molar-refractivity contribution < 1.29 is 24.5 Å².